The molecule has 2 N–H and O–H groups in total. The smallest absolute Gasteiger partial charge is 0.251 e. The zero-order valence-corrected chi connectivity index (χ0v) is 12.5. The van der Waals surface area contributed by atoms with Gasteiger partial charge in [0, 0.05) is 12.1 Å². The third-order valence-corrected chi connectivity index (χ3v) is 3.47. The third kappa shape index (κ3) is 3.51. The molecular weight excluding hydrogens is 322 g/mol. The van der Waals surface area contributed by atoms with Crippen molar-refractivity contribution in [1.29, 1.82) is 0 Å². The summed E-state index contributed by atoms with van der Waals surface area (Å²) >= 11 is 3.17. The van der Waals surface area contributed by atoms with Gasteiger partial charge in [0.15, 0.2) is 0 Å². The van der Waals surface area contributed by atoms with Crippen molar-refractivity contribution in [3.63, 3.8) is 0 Å². The van der Waals surface area contributed by atoms with Gasteiger partial charge in [-0.2, -0.15) is 0 Å². The lowest BCUT2D eigenvalue weighted by Gasteiger charge is -2.07. The molecule has 0 aromatic heterocycles. The van der Waals surface area contributed by atoms with Crippen molar-refractivity contribution < 1.29 is 14.6 Å². The van der Waals surface area contributed by atoms with Gasteiger partial charge in [0.05, 0.1) is 11.6 Å². The van der Waals surface area contributed by atoms with Crippen molar-refractivity contribution in [3.8, 4) is 11.5 Å². The molecule has 0 spiro atoms. The van der Waals surface area contributed by atoms with E-state index in [1.165, 1.54) is 6.07 Å². The molecule has 104 valence electrons. The van der Waals surface area contributed by atoms with Crippen molar-refractivity contribution in [2.45, 2.75) is 6.54 Å². The zero-order chi connectivity index (χ0) is 14.5. The van der Waals surface area contributed by atoms with Crippen LogP contribution in [0.15, 0.2) is 46.9 Å². The van der Waals surface area contributed by atoms with Gasteiger partial charge in [-0.15, -0.1) is 0 Å². The average Bonchev–Trinajstić information content (AvgIpc) is 2.47. The fourth-order valence-corrected chi connectivity index (χ4v) is 1.97. The number of nitrogens with one attached hydrogen (secondary N) is 1. The van der Waals surface area contributed by atoms with Gasteiger partial charge in [-0.3, -0.25) is 4.79 Å². The maximum atomic E-state index is 12.0. The summed E-state index contributed by atoms with van der Waals surface area (Å²) in [6.45, 7) is 0.396. The minimum atomic E-state index is -0.240. The molecule has 0 aliphatic rings. The Morgan fingerprint density at radius 1 is 1.30 bits per heavy atom. The normalized spacial score (nSPS) is 10.1. The zero-order valence-electron chi connectivity index (χ0n) is 10.9. The summed E-state index contributed by atoms with van der Waals surface area (Å²) < 4.78 is 5.68. The number of rotatable bonds is 4. The molecule has 0 saturated carbocycles. The van der Waals surface area contributed by atoms with E-state index < -0.39 is 0 Å². The van der Waals surface area contributed by atoms with E-state index in [1.54, 1.807) is 19.2 Å². The SMILES string of the molecule is COc1cccc(CNC(=O)c2ccc(Br)c(O)c2)c1. The Labute approximate surface area is 125 Å². The summed E-state index contributed by atoms with van der Waals surface area (Å²) in [4.78, 5) is 12.0. The quantitative estimate of drug-likeness (QED) is 0.902. The Morgan fingerprint density at radius 2 is 2.10 bits per heavy atom. The highest BCUT2D eigenvalue weighted by molar-refractivity contribution is 9.10. The van der Waals surface area contributed by atoms with Crippen LogP contribution in [0, 0.1) is 0 Å². The summed E-state index contributed by atoms with van der Waals surface area (Å²) in [7, 11) is 1.60. The molecule has 0 saturated heterocycles. The van der Waals surface area contributed by atoms with Crippen molar-refractivity contribution in [3.05, 3.63) is 58.1 Å². The van der Waals surface area contributed by atoms with E-state index in [2.05, 4.69) is 21.2 Å². The minimum absolute atomic E-state index is 0.0408. The summed E-state index contributed by atoms with van der Waals surface area (Å²) in [5.41, 5.74) is 1.35. The number of hydrogen-bond donors (Lipinski definition) is 2. The Kier molecular flexibility index (Phi) is 4.63. The maximum absolute atomic E-state index is 12.0. The second kappa shape index (κ2) is 6.43. The predicted molar refractivity (Wildman–Crippen MR) is 80.0 cm³/mol. The third-order valence-electron chi connectivity index (χ3n) is 2.80. The van der Waals surface area contributed by atoms with E-state index >= 15 is 0 Å². The Balaban J connectivity index is 2.02. The van der Waals surface area contributed by atoms with Crippen LogP contribution in [0.25, 0.3) is 0 Å². The second-order valence-electron chi connectivity index (χ2n) is 4.20. The molecular formula is C15H14BrNO3. The fourth-order valence-electron chi connectivity index (χ4n) is 1.72. The van der Waals surface area contributed by atoms with E-state index in [0.717, 1.165) is 11.3 Å². The Hall–Kier alpha value is -2.01. The average molecular weight is 336 g/mol. The monoisotopic (exact) mass is 335 g/mol. The number of hydrogen-bond acceptors (Lipinski definition) is 3. The lowest BCUT2D eigenvalue weighted by atomic mass is 10.2. The highest BCUT2D eigenvalue weighted by Gasteiger charge is 2.08. The molecule has 0 heterocycles. The van der Waals surface area contributed by atoms with Crippen LogP contribution >= 0.6 is 15.9 Å². The van der Waals surface area contributed by atoms with Crippen LogP contribution in [-0.2, 0) is 6.54 Å². The molecule has 2 aromatic carbocycles. The number of halogens is 1. The van der Waals surface area contributed by atoms with Crippen molar-refractivity contribution in [1.82, 2.24) is 5.32 Å². The van der Waals surface area contributed by atoms with Gasteiger partial charge in [-0.1, -0.05) is 12.1 Å². The number of methoxy groups -OCH3 is 1. The first kappa shape index (κ1) is 14.4. The summed E-state index contributed by atoms with van der Waals surface area (Å²) in [6.07, 6.45) is 0. The van der Waals surface area contributed by atoms with Gasteiger partial charge in [0.25, 0.3) is 5.91 Å². The number of carbonyl (C=O) groups is 1. The molecule has 0 fully saturated rings. The summed E-state index contributed by atoms with van der Waals surface area (Å²) in [5.74, 6) is 0.549. The topological polar surface area (TPSA) is 58.6 Å². The first-order valence-corrected chi connectivity index (χ1v) is 6.79. The molecule has 0 bridgehead atoms. The first-order valence-electron chi connectivity index (χ1n) is 6.00. The van der Waals surface area contributed by atoms with Crippen molar-refractivity contribution in [2.24, 2.45) is 0 Å². The molecule has 2 rings (SSSR count). The van der Waals surface area contributed by atoms with E-state index in [-0.39, 0.29) is 11.7 Å². The Bertz CT molecular complexity index is 628. The second-order valence-corrected chi connectivity index (χ2v) is 5.05. The Morgan fingerprint density at radius 3 is 2.80 bits per heavy atom. The highest BCUT2D eigenvalue weighted by Crippen LogP contribution is 2.24. The summed E-state index contributed by atoms with van der Waals surface area (Å²) in [5, 5.41) is 12.4. The predicted octanol–water partition coefficient (Wildman–Crippen LogP) is 3.09. The standard InChI is InChI=1S/C15H14BrNO3/c1-20-12-4-2-3-10(7-12)9-17-15(19)11-5-6-13(16)14(18)8-11/h2-8,18H,9H2,1H3,(H,17,19). The lowest BCUT2D eigenvalue weighted by molar-refractivity contribution is 0.0950. The van der Waals surface area contributed by atoms with Crippen LogP contribution in [-0.4, -0.2) is 18.1 Å². The number of amides is 1. The van der Waals surface area contributed by atoms with Crippen molar-refractivity contribution >= 4 is 21.8 Å². The van der Waals surface area contributed by atoms with Crippen molar-refractivity contribution in [2.75, 3.05) is 7.11 Å². The molecule has 0 unspecified atom stereocenters. The molecule has 20 heavy (non-hydrogen) atoms. The molecule has 2 aromatic rings. The molecule has 0 aliphatic carbocycles. The fraction of sp³-hybridized carbons (Fsp3) is 0.133. The van der Waals surface area contributed by atoms with Crippen LogP contribution in [0.2, 0.25) is 0 Å². The molecule has 1 amide bonds. The van der Waals surface area contributed by atoms with Gasteiger partial charge in [-0.25, -0.2) is 0 Å². The largest absolute Gasteiger partial charge is 0.507 e. The van der Waals surface area contributed by atoms with Crippen LogP contribution in [0.5, 0.6) is 11.5 Å². The van der Waals surface area contributed by atoms with E-state index in [1.807, 2.05) is 24.3 Å². The van der Waals surface area contributed by atoms with Crippen LogP contribution in [0.1, 0.15) is 15.9 Å². The van der Waals surface area contributed by atoms with Gasteiger partial charge in [0.1, 0.15) is 11.5 Å². The van der Waals surface area contributed by atoms with Gasteiger partial charge in [0.2, 0.25) is 0 Å². The van der Waals surface area contributed by atoms with Gasteiger partial charge in [-0.05, 0) is 51.8 Å². The van der Waals surface area contributed by atoms with E-state index in [0.29, 0.717) is 16.6 Å². The van der Waals surface area contributed by atoms with Crippen LogP contribution in [0.3, 0.4) is 0 Å². The van der Waals surface area contributed by atoms with Crippen LogP contribution in [0.4, 0.5) is 0 Å². The summed E-state index contributed by atoms with van der Waals surface area (Å²) in [6, 6.07) is 12.2. The van der Waals surface area contributed by atoms with E-state index in [4.69, 9.17) is 4.74 Å². The molecule has 4 nitrogen and oxygen atoms in total. The number of benzene rings is 2. The first-order chi connectivity index (χ1) is 9.60. The highest BCUT2D eigenvalue weighted by atomic mass is 79.9. The molecule has 0 aliphatic heterocycles. The lowest BCUT2D eigenvalue weighted by Crippen LogP contribution is -2.22. The molecule has 0 atom stereocenters. The number of phenols is 1. The number of phenolic OH excluding ortho intramolecular Hbond substituents is 1. The number of ether oxygens (including phenoxy) is 1. The van der Waals surface area contributed by atoms with E-state index in [9.17, 15) is 9.90 Å². The van der Waals surface area contributed by atoms with Gasteiger partial charge < -0.3 is 15.2 Å². The number of carbonyl (C=O) groups excluding carboxylic acids is 1. The van der Waals surface area contributed by atoms with Crippen LogP contribution < -0.4 is 10.1 Å². The maximum Gasteiger partial charge on any atom is 0.251 e. The number of aromatic hydroxyl groups is 1. The molecule has 5 heteroatoms. The van der Waals surface area contributed by atoms with Gasteiger partial charge >= 0.3 is 0 Å². The minimum Gasteiger partial charge on any atom is -0.507 e. The molecule has 0 radical (unpaired) electrons.